The van der Waals surface area contributed by atoms with E-state index in [1.54, 1.807) is 13.1 Å². The highest BCUT2D eigenvalue weighted by atomic mass is 16.5. The number of hydrogen-bond donors (Lipinski definition) is 1. The third kappa shape index (κ3) is 6.74. The van der Waals surface area contributed by atoms with Crippen molar-refractivity contribution in [1.29, 1.82) is 0 Å². The molecular weight excluding hydrogens is 606 g/mol. The monoisotopic (exact) mass is 647 g/mol. The van der Waals surface area contributed by atoms with Gasteiger partial charge in [-0.05, 0) is 67.9 Å². The second-order valence-corrected chi connectivity index (χ2v) is 13.2. The minimum absolute atomic E-state index is 0.174. The summed E-state index contributed by atoms with van der Waals surface area (Å²) >= 11 is 0. The molecule has 10 nitrogen and oxygen atoms in total. The van der Waals surface area contributed by atoms with Crippen molar-refractivity contribution in [3.63, 3.8) is 0 Å². The first-order chi connectivity index (χ1) is 23.4. The maximum atomic E-state index is 13.1. The number of imidazole rings is 1. The maximum Gasteiger partial charge on any atom is 0.412 e. The molecule has 0 saturated heterocycles. The van der Waals surface area contributed by atoms with E-state index in [2.05, 4.69) is 9.88 Å². The van der Waals surface area contributed by atoms with E-state index in [-0.39, 0.29) is 25.0 Å². The number of pyridine rings is 1. The quantitative estimate of drug-likeness (QED) is 0.175. The first kappa shape index (κ1) is 31.7. The average molecular weight is 648 g/mol. The summed E-state index contributed by atoms with van der Waals surface area (Å²) in [6.45, 7) is 2.25. The number of fused-ring (bicyclic) bond motifs is 1. The minimum atomic E-state index is -0.691. The molecule has 0 bridgehead atoms. The predicted octanol–water partition coefficient (Wildman–Crippen LogP) is 6.96. The SMILES string of the molecule is CCOC(=O)[C@H](Cc1ccc(-n2c(CC3CC3)nc3cc(NC(=O)OCc4ccccc4)cnc32)cc1)N=C1CC(=O)C12CCCCC2. The standard InChI is InChI=1S/C38H41N5O5/c1-2-47-36(45)31(41-32-22-33(44)38(32)17-7-4-8-18-38)19-25-13-15-29(16-14-25)43-34(20-26-11-12-26)42-30-21-28(23-39-35(30)43)40-37(46)48-24-27-9-5-3-6-10-27/h3,5-6,9-10,13-16,21,23,26,31H,2,4,7-8,11-12,17-20,22,24H2,1H3,(H,40,46)/t31-/m0/s1. The van der Waals surface area contributed by atoms with E-state index in [9.17, 15) is 14.4 Å². The van der Waals surface area contributed by atoms with Gasteiger partial charge in [0.1, 0.15) is 23.7 Å². The van der Waals surface area contributed by atoms with Gasteiger partial charge in [-0.25, -0.2) is 19.6 Å². The van der Waals surface area contributed by atoms with Crippen molar-refractivity contribution in [2.75, 3.05) is 11.9 Å². The number of carbonyl (C=O) groups is 3. The lowest BCUT2D eigenvalue weighted by atomic mass is 9.58. The highest BCUT2D eigenvalue weighted by Crippen LogP contribution is 2.47. The number of benzene rings is 2. The summed E-state index contributed by atoms with van der Waals surface area (Å²) in [7, 11) is 0. The van der Waals surface area contributed by atoms with Gasteiger partial charge in [-0.2, -0.15) is 0 Å². The second-order valence-electron chi connectivity index (χ2n) is 13.2. The molecule has 1 N–H and O–H groups in total. The topological polar surface area (TPSA) is 125 Å². The van der Waals surface area contributed by atoms with Crippen molar-refractivity contribution in [2.45, 2.75) is 83.8 Å². The second kappa shape index (κ2) is 13.7. The Morgan fingerprint density at radius 3 is 2.50 bits per heavy atom. The fourth-order valence-electron chi connectivity index (χ4n) is 6.99. The molecule has 2 aromatic heterocycles. The molecular formula is C38H41N5O5. The molecule has 3 saturated carbocycles. The normalized spacial score (nSPS) is 18.4. The van der Waals surface area contributed by atoms with Gasteiger partial charge in [0.25, 0.3) is 0 Å². The largest absolute Gasteiger partial charge is 0.464 e. The average Bonchev–Trinajstić information content (AvgIpc) is 3.86. The van der Waals surface area contributed by atoms with Crippen molar-refractivity contribution >= 4 is 40.4 Å². The third-order valence-electron chi connectivity index (χ3n) is 9.81. The van der Waals surface area contributed by atoms with Crippen LogP contribution in [0.5, 0.6) is 0 Å². The zero-order chi connectivity index (χ0) is 33.1. The molecule has 1 spiro atoms. The summed E-state index contributed by atoms with van der Waals surface area (Å²) in [6, 6.07) is 18.7. The van der Waals surface area contributed by atoms with Crippen molar-refractivity contribution in [3.05, 3.63) is 83.8 Å². The molecule has 2 heterocycles. The molecule has 3 aliphatic rings. The van der Waals surface area contributed by atoms with E-state index in [0.29, 0.717) is 35.6 Å². The highest BCUT2D eigenvalue weighted by molar-refractivity contribution is 6.27. The van der Waals surface area contributed by atoms with Gasteiger partial charge in [-0.3, -0.25) is 19.7 Å². The lowest BCUT2D eigenvalue weighted by Gasteiger charge is -2.44. The predicted molar refractivity (Wildman–Crippen MR) is 182 cm³/mol. The number of hydrogen-bond acceptors (Lipinski definition) is 8. The van der Waals surface area contributed by atoms with E-state index in [1.807, 2.05) is 60.7 Å². The zero-order valence-corrected chi connectivity index (χ0v) is 27.3. The number of aliphatic imine (C=N–C) groups is 1. The molecule has 2 aromatic carbocycles. The Bertz CT molecular complexity index is 1840. The van der Waals surface area contributed by atoms with Crippen molar-refractivity contribution in [3.8, 4) is 5.69 Å². The molecule has 1 amide bonds. The van der Waals surface area contributed by atoms with E-state index in [4.69, 9.17) is 24.4 Å². The van der Waals surface area contributed by atoms with Crippen LogP contribution >= 0.6 is 0 Å². The molecule has 3 fully saturated rings. The Labute approximate surface area is 280 Å². The zero-order valence-electron chi connectivity index (χ0n) is 27.3. The Hall–Kier alpha value is -4.86. The Morgan fingerprint density at radius 2 is 1.79 bits per heavy atom. The first-order valence-electron chi connectivity index (χ1n) is 17.1. The number of esters is 1. The van der Waals surface area contributed by atoms with E-state index >= 15 is 0 Å². The molecule has 0 aliphatic heterocycles. The van der Waals surface area contributed by atoms with Crippen LogP contribution in [0.4, 0.5) is 10.5 Å². The van der Waals surface area contributed by atoms with Crippen LogP contribution in [0, 0.1) is 11.3 Å². The number of aromatic nitrogens is 3. The molecule has 10 heteroatoms. The summed E-state index contributed by atoms with van der Waals surface area (Å²) < 4.78 is 12.9. The van der Waals surface area contributed by atoms with Gasteiger partial charge in [-0.15, -0.1) is 0 Å². The molecule has 3 aliphatic carbocycles. The Morgan fingerprint density at radius 1 is 1.02 bits per heavy atom. The molecule has 1 atom stereocenters. The lowest BCUT2D eigenvalue weighted by molar-refractivity contribution is -0.144. The van der Waals surface area contributed by atoms with Gasteiger partial charge < -0.3 is 9.47 Å². The molecule has 248 valence electrons. The number of ether oxygens (including phenoxy) is 2. The number of amides is 1. The number of nitrogens with one attached hydrogen (secondary N) is 1. The van der Waals surface area contributed by atoms with Crippen LogP contribution in [0.15, 0.2) is 71.9 Å². The van der Waals surface area contributed by atoms with Crippen LogP contribution < -0.4 is 5.32 Å². The number of anilines is 1. The molecule has 0 radical (unpaired) electrons. The van der Waals surface area contributed by atoms with Crippen molar-refractivity contribution in [2.24, 2.45) is 16.3 Å². The number of carbonyl (C=O) groups excluding carboxylic acids is 3. The molecule has 4 aromatic rings. The molecule has 48 heavy (non-hydrogen) atoms. The number of rotatable bonds is 11. The van der Waals surface area contributed by atoms with Crippen LogP contribution in [-0.2, 0) is 38.5 Å². The van der Waals surface area contributed by atoms with Gasteiger partial charge in [0.05, 0.1) is 23.9 Å². The van der Waals surface area contributed by atoms with Crippen LogP contribution in [0.3, 0.4) is 0 Å². The maximum absolute atomic E-state index is 13.1. The lowest BCUT2D eigenvalue weighted by Crippen LogP contribution is -2.52. The van der Waals surface area contributed by atoms with Gasteiger partial charge in [-0.1, -0.05) is 61.7 Å². The van der Waals surface area contributed by atoms with Gasteiger partial charge in [0.2, 0.25) is 0 Å². The Balaban J connectivity index is 1.10. The van der Waals surface area contributed by atoms with Gasteiger partial charge >= 0.3 is 12.1 Å². The van der Waals surface area contributed by atoms with E-state index in [1.165, 1.54) is 12.8 Å². The summed E-state index contributed by atoms with van der Waals surface area (Å²) in [6.07, 6.45) is 9.84. The van der Waals surface area contributed by atoms with Gasteiger partial charge in [0.15, 0.2) is 11.7 Å². The molecule has 7 rings (SSSR count). The summed E-state index contributed by atoms with van der Waals surface area (Å²) in [4.78, 5) is 52.8. The fraction of sp³-hybridized carbons (Fsp3) is 0.421. The number of Topliss-reactive ketones (excluding diaryl/α,β-unsaturated/α-hetero) is 1. The van der Waals surface area contributed by atoms with E-state index in [0.717, 1.165) is 66.9 Å². The number of nitrogens with zero attached hydrogens (tertiary/aromatic N) is 4. The molecule has 0 unspecified atom stereocenters. The Kier molecular flexibility index (Phi) is 9.06. The van der Waals surface area contributed by atoms with Crippen molar-refractivity contribution < 1.29 is 23.9 Å². The smallest absolute Gasteiger partial charge is 0.412 e. The number of ketones is 1. The van der Waals surface area contributed by atoms with Crippen molar-refractivity contribution in [1.82, 2.24) is 14.5 Å². The summed E-state index contributed by atoms with van der Waals surface area (Å²) in [5.41, 5.74) is 5.07. The first-order valence-corrected chi connectivity index (χ1v) is 17.1. The third-order valence-corrected chi connectivity index (χ3v) is 9.81. The summed E-state index contributed by atoms with van der Waals surface area (Å²) in [5.74, 6) is 1.42. The van der Waals surface area contributed by atoms with Crippen LogP contribution in [0.1, 0.15) is 75.2 Å². The van der Waals surface area contributed by atoms with Crippen LogP contribution in [0.25, 0.3) is 16.9 Å². The highest BCUT2D eigenvalue weighted by Gasteiger charge is 2.52. The fourth-order valence-corrected chi connectivity index (χ4v) is 6.99. The summed E-state index contributed by atoms with van der Waals surface area (Å²) in [5, 5.41) is 2.77. The van der Waals surface area contributed by atoms with Crippen LogP contribution in [-0.4, -0.2) is 50.7 Å². The van der Waals surface area contributed by atoms with E-state index < -0.39 is 17.6 Å². The minimum Gasteiger partial charge on any atom is -0.464 e. The van der Waals surface area contributed by atoms with Gasteiger partial charge in [0, 0.05) is 30.7 Å². The van der Waals surface area contributed by atoms with Crippen LogP contribution in [0.2, 0.25) is 0 Å².